The van der Waals surface area contributed by atoms with Crippen molar-refractivity contribution < 1.29 is 4.42 Å². The Hall–Kier alpha value is -1.06. The van der Waals surface area contributed by atoms with Gasteiger partial charge in [0.05, 0.1) is 6.26 Å². The minimum atomic E-state index is 0.405. The first kappa shape index (κ1) is 13.4. The molecule has 0 aliphatic heterocycles. The van der Waals surface area contributed by atoms with Gasteiger partial charge >= 0.3 is 0 Å². The molecule has 0 aliphatic rings. The topological polar surface area (TPSA) is 25.2 Å². The van der Waals surface area contributed by atoms with Crippen LogP contribution < -0.4 is 5.32 Å². The zero-order valence-electron chi connectivity index (χ0n) is 11.1. The van der Waals surface area contributed by atoms with Crippen molar-refractivity contribution in [3.05, 3.63) is 46.0 Å². The van der Waals surface area contributed by atoms with Gasteiger partial charge in [-0.15, -0.1) is 0 Å². The zero-order valence-corrected chi connectivity index (χ0v) is 11.9. The van der Waals surface area contributed by atoms with Crippen molar-refractivity contribution in [1.82, 2.24) is 5.32 Å². The van der Waals surface area contributed by atoms with Gasteiger partial charge in [0.1, 0.15) is 5.76 Å². The molecule has 1 N–H and O–H groups in total. The molecule has 2 heterocycles. The molecule has 2 rings (SSSR count). The molecule has 98 valence electrons. The van der Waals surface area contributed by atoms with Gasteiger partial charge in [0, 0.05) is 11.6 Å². The molecule has 2 aromatic rings. The molecule has 0 amide bonds. The fraction of sp³-hybridized carbons (Fsp3) is 0.467. The fourth-order valence-electron chi connectivity index (χ4n) is 2.10. The smallest absolute Gasteiger partial charge is 0.101 e. The maximum absolute atomic E-state index is 5.42. The Morgan fingerprint density at radius 1 is 1.44 bits per heavy atom. The number of furan rings is 1. The number of nitrogens with one attached hydrogen (secondary N) is 1. The molecule has 1 unspecified atom stereocenters. The van der Waals surface area contributed by atoms with Crippen LogP contribution in [0, 0.1) is 6.92 Å². The first-order valence-electron chi connectivity index (χ1n) is 6.59. The lowest BCUT2D eigenvalue weighted by molar-refractivity contribution is 0.484. The minimum Gasteiger partial charge on any atom is -0.469 e. The highest BCUT2D eigenvalue weighted by Crippen LogP contribution is 2.22. The van der Waals surface area contributed by atoms with Crippen molar-refractivity contribution in [2.75, 3.05) is 6.54 Å². The van der Waals surface area contributed by atoms with Crippen LogP contribution in [-0.4, -0.2) is 6.54 Å². The third kappa shape index (κ3) is 3.72. The van der Waals surface area contributed by atoms with E-state index in [-0.39, 0.29) is 0 Å². The molecule has 0 fully saturated rings. The van der Waals surface area contributed by atoms with Crippen LogP contribution in [0.3, 0.4) is 0 Å². The van der Waals surface area contributed by atoms with Gasteiger partial charge in [-0.25, -0.2) is 0 Å². The Bertz CT molecular complexity index is 447. The molecule has 0 saturated heterocycles. The Balaban J connectivity index is 1.96. The molecule has 0 radical (unpaired) electrons. The minimum absolute atomic E-state index is 0.405. The SMILES string of the molecule is CCCNC(CCc1ccsc1)c1coc(C)c1. The first-order chi connectivity index (χ1) is 8.79. The van der Waals surface area contributed by atoms with Gasteiger partial charge < -0.3 is 9.73 Å². The number of hydrogen-bond donors (Lipinski definition) is 1. The van der Waals surface area contributed by atoms with Gasteiger partial charge in [-0.1, -0.05) is 6.92 Å². The first-order valence-corrected chi connectivity index (χ1v) is 7.53. The summed E-state index contributed by atoms with van der Waals surface area (Å²) in [5.41, 5.74) is 2.71. The quantitative estimate of drug-likeness (QED) is 0.804. The Kier molecular flexibility index (Phi) is 5.02. The van der Waals surface area contributed by atoms with Gasteiger partial charge in [0.15, 0.2) is 0 Å². The maximum atomic E-state index is 5.42. The Morgan fingerprint density at radius 3 is 2.94 bits per heavy atom. The monoisotopic (exact) mass is 263 g/mol. The summed E-state index contributed by atoms with van der Waals surface area (Å²) in [6.07, 6.45) is 5.28. The highest BCUT2D eigenvalue weighted by molar-refractivity contribution is 7.07. The highest BCUT2D eigenvalue weighted by atomic mass is 32.1. The van der Waals surface area contributed by atoms with Crippen molar-refractivity contribution in [1.29, 1.82) is 0 Å². The van der Waals surface area contributed by atoms with E-state index in [1.807, 2.05) is 13.2 Å². The summed E-state index contributed by atoms with van der Waals surface area (Å²) >= 11 is 1.77. The van der Waals surface area contributed by atoms with Crippen molar-refractivity contribution in [2.45, 2.75) is 39.2 Å². The summed E-state index contributed by atoms with van der Waals surface area (Å²) in [7, 11) is 0. The lowest BCUT2D eigenvalue weighted by Crippen LogP contribution is -2.22. The average Bonchev–Trinajstić information content (AvgIpc) is 3.01. The third-order valence-corrected chi connectivity index (χ3v) is 3.83. The van der Waals surface area contributed by atoms with Crippen molar-refractivity contribution >= 4 is 11.3 Å². The fourth-order valence-corrected chi connectivity index (χ4v) is 2.80. The third-order valence-electron chi connectivity index (χ3n) is 3.10. The standard InChI is InChI=1S/C15H21NOS/c1-3-7-16-15(14-9-12(2)17-10-14)5-4-13-6-8-18-11-13/h6,8-11,15-16H,3-5,7H2,1-2H3. The summed E-state index contributed by atoms with van der Waals surface area (Å²) < 4.78 is 5.42. The molecular weight excluding hydrogens is 242 g/mol. The lowest BCUT2D eigenvalue weighted by Gasteiger charge is -2.16. The van der Waals surface area contributed by atoms with E-state index in [9.17, 15) is 0 Å². The number of aryl methyl sites for hydroxylation is 2. The van der Waals surface area contributed by atoms with Gasteiger partial charge in [-0.3, -0.25) is 0 Å². The Labute approximate surface area is 113 Å². The van der Waals surface area contributed by atoms with Crippen LogP contribution in [0.2, 0.25) is 0 Å². The number of thiophene rings is 1. The molecule has 0 aliphatic carbocycles. The zero-order chi connectivity index (χ0) is 12.8. The summed E-state index contributed by atoms with van der Waals surface area (Å²) in [6.45, 7) is 5.25. The predicted molar refractivity (Wildman–Crippen MR) is 77.1 cm³/mol. The van der Waals surface area contributed by atoms with E-state index in [2.05, 4.69) is 35.1 Å². The molecule has 0 aromatic carbocycles. The second-order valence-electron chi connectivity index (χ2n) is 4.67. The van der Waals surface area contributed by atoms with E-state index < -0.39 is 0 Å². The largest absolute Gasteiger partial charge is 0.469 e. The molecule has 18 heavy (non-hydrogen) atoms. The van der Waals surface area contributed by atoms with Crippen LogP contribution in [0.1, 0.15) is 42.7 Å². The molecule has 0 saturated carbocycles. The molecule has 3 heteroatoms. The summed E-state index contributed by atoms with van der Waals surface area (Å²) in [5.74, 6) is 0.990. The van der Waals surface area contributed by atoms with E-state index in [1.165, 1.54) is 11.1 Å². The van der Waals surface area contributed by atoms with Gasteiger partial charge in [-0.2, -0.15) is 11.3 Å². The second kappa shape index (κ2) is 6.76. The molecule has 2 nitrogen and oxygen atoms in total. The molecule has 2 aromatic heterocycles. The molecule has 0 bridgehead atoms. The van der Waals surface area contributed by atoms with Crippen LogP contribution in [-0.2, 0) is 6.42 Å². The van der Waals surface area contributed by atoms with Crippen LogP contribution in [0.15, 0.2) is 33.6 Å². The van der Waals surface area contributed by atoms with E-state index in [4.69, 9.17) is 4.42 Å². The lowest BCUT2D eigenvalue weighted by atomic mass is 10.0. The second-order valence-corrected chi connectivity index (χ2v) is 5.45. The van der Waals surface area contributed by atoms with E-state index in [1.54, 1.807) is 11.3 Å². The van der Waals surface area contributed by atoms with E-state index in [0.29, 0.717) is 6.04 Å². The summed E-state index contributed by atoms with van der Waals surface area (Å²) in [4.78, 5) is 0. The van der Waals surface area contributed by atoms with E-state index >= 15 is 0 Å². The normalized spacial score (nSPS) is 12.8. The van der Waals surface area contributed by atoms with Crippen LogP contribution >= 0.6 is 11.3 Å². The average molecular weight is 263 g/mol. The van der Waals surface area contributed by atoms with Gasteiger partial charge in [0.2, 0.25) is 0 Å². The molecular formula is C15H21NOS. The van der Waals surface area contributed by atoms with Gasteiger partial charge in [0.25, 0.3) is 0 Å². The van der Waals surface area contributed by atoms with Crippen LogP contribution in [0.25, 0.3) is 0 Å². The van der Waals surface area contributed by atoms with Crippen molar-refractivity contribution in [2.24, 2.45) is 0 Å². The van der Waals surface area contributed by atoms with E-state index in [0.717, 1.165) is 31.6 Å². The van der Waals surface area contributed by atoms with Crippen molar-refractivity contribution in [3.8, 4) is 0 Å². The van der Waals surface area contributed by atoms with Crippen molar-refractivity contribution in [3.63, 3.8) is 0 Å². The highest BCUT2D eigenvalue weighted by Gasteiger charge is 2.13. The Morgan fingerprint density at radius 2 is 2.33 bits per heavy atom. The molecule has 1 atom stereocenters. The van der Waals surface area contributed by atoms with Crippen LogP contribution in [0.5, 0.6) is 0 Å². The number of rotatable bonds is 7. The predicted octanol–water partition coefficient (Wildman–Crippen LogP) is 4.32. The van der Waals surface area contributed by atoms with Crippen LogP contribution in [0.4, 0.5) is 0 Å². The maximum Gasteiger partial charge on any atom is 0.101 e. The van der Waals surface area contributed by atoms with Gasteiger partial charge in [-0.05, 0) is 61.2 Å². The molecule has 0 spiro atoms. The number of hydrogen-bond acceptors (Lipinski definition) is 3. The summed E-state index contributed by atoms with van der Waals surface area (Å²) in [6, 6.07) is 4.76. The summed E-state index contributed by atoms with van der Waals surface area (Å²) in [5, 5.41) is 7.98.